The third kappa shape index (κ3) is 5.28. The van der Waals surface area contributed by atoms with Crippen LogP contribution >= 0.6 is 0 Å². The number of hydrogen-bond donors (Lipinski definition) is 1. The number of unbranched alkanes of at least 4 members (excludes halogenated alkanes) is 3. The van der Waals surface area contributed by atoms with Crippen LogP contribution in [0.4, 0.5) is 0 Å². The summed E-state index contributed by atoms with van der Waals surface area (Å²) in [4.78, 5) is 24.3. The van der Waals surface area contributed by atoms with Gasteiger partial charge in [-0.25, -0.2) is 0 Å². The highest BCUT2D eigenvalue weighted by molar-refractivity contribution is 5.70. The Bertz CT molecular complexity index is 1400. The van der Waals surface area contributed by atoms with E-state index in [9.17, 15) is 4.79 Å². The predicted octanol–water partition coefficient (Wildman–Crippen LogP) is 4.78. The Hall–Kier alpha value is -3.19. The Kier molecular flexibility index (Phi) is 7.89. The molecule has 1 aromatic carbocycles. The van der Waals surface area contributed by atoms with E-state index in [4.69, 9.17) is 9.72 Å². The monoisotopic (exact) mass is 502 g/mol. The van der Waals surface area contributed by atoms with Crippen molar-refractivity contribution < 1.29 is 9.14 Å². The van der Waals surface area contributed by atoms with Gasteiger partial charge in [0.2, 0.25) is 11.3 Å². The van der Waals surface area contributed by atoms with Gasteiger partial charge in [-0.3, -0.25) is 14.3 Å². The van der Waals surface area contributed by atoms with E-state index in [2.05, 4.69) is 47.1 Å². The molecule has 0 atom stereocenters. The number of piperidine rings is 1. The fourth-order valence-electron chi connectivity index (χ4n) is 5.92. The third-order valence-corrected chi connectivity index (χ3v) is 7.97. The first kappa shape index (κ1) is 25.5. The molecule has 0 amide bonds. The highest BCUT2D eigenvalue weighted by Gasteiger charge is 2.24. The maximum atomic E-state index is 13.6. The van der Waals surface area contributed by atoms with Crippen LogP contribution in [0, 0.1) is 6.92 Å². The molecule has 7 nitrogen and oxygen atoms in total. The first-order valence-corrected chi connectivity index (χ1v) is 13.9. The number of methoxy groups -OCH3 is 1. The molecule has 5 rings (SSSR count). The van der Waals surface area contributed by atoms with Gasteiger partial charge in [0.1, 0.15) is 11.2 Å². The van der Waals surface area contributed by atoms with Crippen molar-refractivity contribution in [2.45, 2.75) is 71.3 Å². The van der Waals surface area contributed by atoms with Crippen molar-refractivity contribution in [3.8, 4) is 5.88 Å². The van der Waals surface area contributed by atoms with Gasteiger partial charge in [-0.1, -0.05) is 55.1 Å². The summed E-state index contributed by atoms with van der Waals surface area (Å²) in [7, 11) is 1.63. The fraction of sp³-hybridized carbons (Fsp3) is 0.500. The van der Waals surface area contributed by atoms with E-state index in [-0.39, 0.29) is 5.56 Å². The zero-order valence-corrected chi connectivity index (χ0v) is 22.5. The zero-order valence-electron chi connectivity index (χ0n) is 22.5. The van der Waals surface area contributed by atoms with Crippen molar-refractivity contribution in [1.82, 2.24) is 19.4 Å². The lowest BCUT2D eigenvalue weighted by atomic mass is 9.89. The fourth-order valence-corrected chi connectivity index (χ4v) is 5.92. The first-order chi connectivity index (χ1) is 18.1. The molecule has 37 heavy (non-hydrogen) atoms. The molecule has 7 heteroatoms. The van der Waals surface area contributed by atoms with E-state index in [1.165, 1.54) is 50.9 Å². The van der Waals surface area contributed by atoms with Crippen LogP contribution in [-0.2, 0) is 13.0 Å². The van der Waals surface area contributed by atoms with Gasteiger partial charge < -0.3 is 9.64 Å². The lowest BCUT2D eigenvalue weighted by Crippen LogP contribution is -2.37. The molecule has 1 N–H and O–H groups in total. The Labute approximate surface area is 219 Å². The minimum absolute atomic E-state index is 0.0502. The quantitative estimate of drug-likeness (QED) is 0.250. The van der Waals surface area contributed by atoms with Gasteiger partial charge >= 0.3 is 0 Å². The van der Waals surface area contributed by atoms with Gasteiger partial charge in [-0.05, 0) is 69.8 Å². The number of rotatable bonds is 10. The van der Waals surface area contributed by atoms with Gasteiger partial charge in [0.25, 0.3) is 17.1 Å². The summed E-state index contributed by atoms with van der Waals surface area (Å²) in [6.07, 6.45) is 7.83. The Morgan fingerprint density at radius 3 is 2.46 bits per heavy atom. The number of hydrogen-bond acceptors (Lipinski definition) is 4. The number of nitrogens with one attached hydrogen (secondary N) is 1. The standard InChI is InChI=1S/C30H39N5O2/c1-4-26-31-22(2)28-30(36)34(25-14-15-27(37-3)32-29(25)35(26)28)19-11-6-5-10-18-33-20-16-24(17-21-33)23-12-8-7-9-13-23/h7-9,12-15,24H,4-6,10-11,16-21H2,1-3H3/p+1. The summed E-state index contributed by atoms with van der Waals surface area (Å²) in [5, 5.41) is 0. The lowest BCUT2D eigenvalue weighted by molar-refractivity contribution is -0.495. The molecule has 0 unspecified atom stereocenters. The predicted molar refractivity (Wildman–Crippen MR) is 148 cm³/mol. The van der Waals surface area contributed by atoms with Crippen molar-refractivity contribution in [2.75, 3.05) is 26.7 Å². The zero-order chi connectivity index (χ0) is 25.8. The van der Waals surface area contributed by atoms with E-state index in [1.807, 2.05) is 28.0 Å². The molecule has 1 fully saturated rings. The second-order valence-electron chi connectivity index (χ2n) is 10.3. The summed E-state index contributed by atoms with van der Waals surface area (Å²) in [6.45, 7) is 8.33. The summed E-state index contributed by atoms with van der Waals surface area (Å²) >= 11 is 0. The normalized spacial score (nSPS) is 15.1. The van der Waals surface area contributed by atoms with Gasteiger partial charge in [-0.2, -0.15) is 4.40 Å². The van der Waals surface area contributed by atoms with Crippen molar-refractivity contribution in [3.05, 3.63) is 69.9 Å². The maximum absolute atomic E-state index is 13.6. The van der Waals surface area contributed by atoms with E-state index in [1.54, 1.807) is 7.11 Å². The summed E-state index contributed by atoms with van der Waals surface area (Å²) in [5.41, 5.74) is 4.75. The number of ether oxygens (including phenoxy) is 1. The molecule has 196 valence electrons. The maximum Gasteiger partial charge on any atom is 0.296 e. The molecule has 3 aromatic heterocycles. The summed E-state index contributed by atoms with van der Waals surface area (Å²) < 4.78 is 9.29. The van der Waals surface area contributed by atoms with Crippen molar-refractivity contribution in [3.63, 3.8) is 0 Å². The molecule has 1 aliphatic heterocycles. The number of benzene rings is 1. The molecule has 1 aliphatic rings. The van der Waals surface area contributed by atoms with Crippen LogP contribution in [0.25, 0.3) is 16.7 Å². The minimum Gasteiger partial charge on any atom is -0.469 e. The minimum atomic E-state index is 0.0502. The van der Waals surface area contributed by atoms with Crippen LogP contribution in [0.2, 0.25) is 0 Å². The van der Waals surface area contributed by atoms with Crippen molar-refractivity contribution >= 4 is 16.7 Å². The van der Waals surface area contributed by atoms with Crippen molar-refractivity contribution in [2.24, 2.45) is 0 Å². The van der Waals surface area contributed by atoms with Gasteiger partial charge in [0.15, 0.2) is 0 Å². The summed E-state index contributed by atoms with van der Waals surface area (Å²) in [6, 6.07) is 14.8. The average Bonchev–Trinajstić information content (AvgIpc) is 3.29. The van der Waals surface area contributed by atoms with Gasteiger partial charge in [-0.15, -0.1) is 0 Å². The molecular formula is C30H40N5O2+. The second kappa shape index (κ2) is 11.5. The number of aryl methyl sites for hydroxylation is 3. The Morgan fingerprint density at radius 1 is 1.03 bits per heavy atom. The molecule has 0 spiro atoms. The van der Waals surface area contributed by atoms with Crippen LogP contribution in [0.3, 0.4) is 0 Å². The number of aromatic amines is 1. The van der Waals surface area contributed by atoms with Crippen LogP contribution in [0.5, 0.6) is 5.88 Å². The van der Waals surface area contributed by atoms with Crippen LogP contribution in [-0.4, -0.2) is 46.2 Å². The number of imidazole rings is 1. The molecular weight excluding hydrogens is 462 g/mol. The molecule has 0 bridgehead atoms. The largest absolute Gasteiger partial charge is 0.469 e. The average molecular weight is 503 g/mol. The van der Waals surface area contributed by atoms with E-state index < -0.39 is 0 Å². The lowest BCUT2D eigenvalue weighted by Gasteiger charge is -2.32. The number of H-pyrrole nitrogens is 1. The topological polar surface area (TPSA) is 67.2 Å². The second-order valence-corrected chi connectivity index (χ2v) is 10.3. The molecule has 0 radical (unpaired) electrons. The Morgan fingerprint density at radius 2 is 1.76 bits per heavy atom. The highest BCUT2D eigenvalue weighted by Crippen LogP contribution is 2.27. The number of nitrogens with zero attached hydrogens (tertiary/aromatic N) is 4. The highest BCUT2D eigenvalue weighted by atomic mass is 16.5. The molecule has 0 aliphatic carbocycles. The number of aromatic nitrogens is 4. The summed E-state index contributed by atoms with van der Waals surface area (Å²) in [5.74, 6) is 2.25. The van der Waals surface area contributed by atoms with Crippen molar-refractivity contribution in [1.29, 1.82) is 0 Å². The number of fused-ring (bicyclic) bond motifs is 3. The van der Waals surface area contributed by atoms with Crippen LogP contribution in [0.15, 0.2) is 47.3 Å². The smallest absolute Gasteiger partial charge is 0.296 e. The van der Waals surface area contributed by atoms with Gasteiger partial charge in [0, 0.05) is 19.0 Å². The van der Waals surface area contributed by atoms with Crippen LogP contribution < -0.4 is 14.7 Å². The van der Waals surface area contributed by atoms with E-state index in [0.717, 1.165) is 41.9 Å². The third-order valence-electron chi connectivity index (χ3n) is 7.97. The van der Waals surface area contributed by atoms with E-state index in [0.29, 0.717) is 23.9 Å². The molecule has 0 saturated carbocycles. The number of likely N-dealkylation sites (tertiary alicyclic amines) is 1. The van der Waals surface area contributed by atoms with Gasteiger partial charge in [0.05, 0.1) is 7.11 Å². The number of pyridine rings is 1. The molecule has 1 saturated heterocycles. The molecule has 4 aromatic rings. The molecule has 4 heterocycles. The SMILES string of the molecule is CCc1[nH]c(C)c2c(=O)n(CCCCCCN3CCC(c4ccccc4)CC3)c3ccc(OC)nc3[n+]12. The van der Waals surface area contributed by atoms with E-state index >= 15 is 0 Å². The van der Waals surface area contributed by atoms with Crippen LogP contribution in [0.1, 0.15) is 68.4 Å². The Balaban J connectivity index is 1.18. The first-order valence-electron chi connectivity index (χ1n) is 13.9.